The van der Waals surface area contributed by atoms with E-state index in [9.17, 15) is 35.5 Å². The number of halogens is 7. The molecule has 0 atom stereocenters. The van der Waals surface area contributed by atoms with Crippen LogP contribution in [0.3, 0.4) is 0 Å². The number of piperidine rings is 1. The van der Waals surface area contributed by atoms with Crippen molar-refractivity contribution in [2.75, 3.05) is 13.1 Å². The Hall–Kier alpha value is -2.98. The molecule has 174 valence electrons. The molecular formula is C21H18F7NO3. The minimum absolute atomic E-state index is 0.121. The Bertz CT molecular complexity index is 906. The number of benzene rings is 2. The number of ether oxygens (including phenoxy) is 2. The summed E-state index contributed by atoms with van der Waals surface area (Å²) in [6.45, 7) is -0.243. The summed E-state index contributed by atoms with van der Waals surface area (Å²) in [4.78, 5) is 12.6. The van der Waals surface area contributed by atoms with E-state index < -0.39 is 30.7 Å². The SMILES string of the molecule is O=C(OC(C(F)(F)F)C(F)(F)F)N1CCC(Oc2cccc(-c3ccc(F)cc3)c2)CC1. The molecule has 11 heteroatoms. The molecule has 32 heavy (non-hydrogen) atoms. The zero-order valence-corrected chi connectivity index (χ0v) is 16.4. The van der Waals surface area contributed by atoms with E-state index in [1.54, 1.807) is 36.4 Å². The highest BCUT2D eigenvalue weighted by molar-refractivity contribution is 5.68. The first-order valence-electron chi connectivity index (χ1n) is 9.55. The largest absolute Gasteiger partial charge is 0.490 e. The fourth-order valence-electron chi connectivity index (χ4n) is 3.23. The van der Waals surface area contributed by atoms with Crippen molar-refractivity contribution >= 4 is 6.09 Å². The molecule has 0 N–H and O–H groups in total. The summed E-state index contributed by atoms with van der Waals surface area (Å²) in [5.74, 6) is 0.116. The van der Waals surface area contributed by atoms with Gasteiger partial charge in [0.1, 0.15) is 17.7 Å². The molecule has 0 aromatic heterocycles. The summed E-state index contributed by atoms with van der Waals surface area (Å²) in [6.07, 6.45) is -17.4. The van der Waals surface area contributed by atoms with Crippen LogP contribution in [0.1, 0.15) is 12.8 Å². The summed E-state index contributed by atoms with van der Waals surface area (Å²) in [5, 5.41) is 0. The number of nitrogens with zero attached hydrogens (tertiary/aromatic N) is 1. The van der Waals surface area contributed by atoms with Crippen LogP contribution in [0, 0.1) is 5.82 Å². The number of alkyl halides is 6. The van der Waals surface area contributed by atoms with Crippen molar-refractivity contribution in [2.24, 2.45) is 0 Å². The third-order valence-corrected chi connectivity index (χ3v) is 4.83. The van der Waals surface area contributed by atoms with Crippen molar-refractivity contribution in [3.05, 3.63) is 54.3 Å². The quantitative estimate of drug-likeness (QED) is 0.523. The fourth-order valence-corrected chi connectivity index (χ4v) is 3.23. The molecule has 1 saturated heterocycles. The zero-order valence-electron chi connectivity index (χ0n) is 16.4. The highest BCUT2D eigenvalue weighted by atomic mass is 19.4. The zero-order chi connectivity index (χ0) is 23.5. The molecule has 1 aliphatic rings. The topological polar surface area (TPSA) is 38.8 Å². The molecule has 3 rings (SSSR count). The molecular weight excluding hydrogens is 447 g/mol. The first-order chi connectivity index (χ1) is 14.9. The minimum Gasteiger partial charge on any atom is -0.490 e. The summed E-state index contributed by atoms with van der Waals surface area (Å²) in [5.41, 5.74) is 1.53. The van der Waals surface area contributed by atoms with Gasteiger partial charge in [0.05, 0.1) is 0 Å². The lowest BCUT2D eigenvalue weighted by molar-refractivity contribution is -0.308. The van der Waals surface area contributed by atoms with Gasteiger partial charge in [0.15, 0.2) is 0 Å². The van der Waals surface area contributed by atoms with Gasteiger partial charge in [0, 0.05) is 25.9 Å². The van der Waals surface area contributed by atoms with Crippen molar-refractivity contribution in [3.63, 3.8) is 0 Å². The van der Waals surface area contributed by atoms with E-state index in [1.807, 2.05) is 0 Å². The van der Waals surface area contributed by atoms with E-state index in [0.717, 1.165) is 16.0 Å². The smallest absolute Gasteiger partial charge is 0.434 e. The molecule has 0 spiro atoms. The van der Waals surface area contributed by atoms with Gasteiger partial charge < -0.3 is 14.4 Å². The Morgan fingerprint density at radius 2 is 1.50 bits per heavy atom. The summed E-state index contributed by atoms with van der Waals surface area (Å²) in [6, 6.07) is 12.8. The summed E-state index contributed by atoms with van der Waals surface area (Å²) < 4.78 is 98.1. The van der Waals surface area contributed by atoms with Gasteiger partial charge in [-0.25, -0.2) is 9.18 Å². The van der Waals surface area contributed by atoms with Gasteiger partial charge in [0.25, 0.3) is 6.10 Å². The van der Waals surface area contributed by atoms with Crippen molar-refractivity contribution < 1.29 is 45.0 Å². The van der Waals surface area contributed by atoms with Gasteiger partial charge in [-0.15, -0.1) is 0 Å². The van der Waals surface area contributed by atoms with E-state index in [-0.39, 0.29) is 31.7 Å². The number of hydrogen-bond acceptors (Lipinski definition) is 3. The van der Waals surface area contributed by atoms with Gasteiger partial charge >= 0.3 is 18.4 Å². The lowest BCUT2D eigenvalue weighted by Crippen LogP contribution is -2.50. The number of likely N-dealkylation sites (tertiary alicyclic amines) is 1. The Morgan fingerprint density at radius 1 is 0.906 bits per heavy atom. The summed E-state index contributed by atoms with van der Waals surface area (Å²) in [7, 11) is 0. The molecule has 0 aliphatic carbocycles. The number of carbonyl (C=O) groups is 1. The van der Waals surface area contributed by atoms with Crippen LogP contribution in [0.15, 0.2) is 48.5 Å². The van der Waals surface area contributed by atoms with Crippen LogP contribution in [0.25, 0.3) is 11.1 Å². The highest BCUT2D eigenvalue weighted by Gasteiger charge is 2.60. The Kier molecular flexibility index (Phi) is 6.85. The van der Waals surface area contributed by atoms with Crippen LogP contribution >= 0.6 is 0 Å². The first kappa shape index (κ1) is 23.7. The van der Waals surface area contributed by atoms with Gasteiger partial charge in [-0.3, -0.25) is 0 Å². The number of carbonyl (C=O) groups excluding carboxylic acids is 1. The van der Waals surface area contributed by atoms with E-state index in [0.29, 0.717) is 5.75 Å². The Balaban J connectivity index is 1.56. The van der Waals surface area contributed by atoms with Crippen molar-refractivity contribution in [1.29, 1.82) is 0 Å². The van der Waals surface area contributed by atoms with Crippen LogP contribution in [-0.4, -0.2) is 48.6 Å². The number of hydrogen-bond donors (Lipinski definition) is 0. The van der Waals surface area contributed by atoms with Crippen molar-refractivity contribution in [1.82, 2.24) is 4.90 Å². The van der Waals surface area contributed by atoms with Crippen molar-refractivity contribution in [3.8, 4) is 16.9 Å². The predicted molar refractivity (Wildman–Crippen MR) is 99.4 cm³/mol. The minimum atomic E-state index is -5.76. The van der Waals surface area contributed by atoms with E-state index >= 15 is 0 Å². The van der Waals surface area contributed by atoms with Gasteiger partial charge in [-0.1, -0.05) is 24.3 Å². The van der Waals surface area contributed by atoms with Crippen LogP contribution in [0.2, 0.25) is 0 Å². The second kappa shape index (κ2) is 9.25. The molecule has 1 aliphatic heterocycles. The Labute approximate surface area is 178 Å². The van der Waals surface area contributed by atoms with Crippen LogP contribution in [-0.2, 0) is 4.74 Å². The third-order valence-electron chi connectivity index (χ3n) is 4.83. The normalized spacial score (nSPS) is 15.7. The molecule has 0 unspecified atom stereocenters. The van der Waals surface area contributed by atoms with Gasteiger partial charge in [-0.05, 0) is 35.4 Å². The van der Waals surface area contributed by atoms with Crippen LogP contribution < -0.4 is 4.74 Å². The first-order valence-corrected chi connectivity index (χ1v) is 9.55. The molecule has 1 heterocycles. The van der Waals surface area contributed by atoms with Crippen LogP contribution in [0.5, 0.6) is 5.75 Å². The molecule has 1 amide bonds. The second-order valence-corrected chi connectivity index (χ2v) is 7.19. The Morgan fingerprint density at radius 3 is 2.06 bits per heavy atom. The third kappa shape index (κ3) is 6.04. The lowest BCUT2D eigenvalue weighted by atomic mass is 10.1. The van der Waals surface area contributed by atoms with E-state index in [4.69, 9.17) is 4.74 Å². The predicted octanol–water partition coefficient (Wildman–Crippen LogP) is 5.97. The standard InChI is InChI=1S/C21H18F7NO3/c22-15-6-4-13(5-7-15)14-2-1-3-17(12-14)31-16-8-10-29(11-9-16)19(30)32-18(20(23,24)25)21(26,27)28/h1-7,12,16,18H,8-11H2. The molecule has 1 fully saturated rings. The molecule has 4 nitrogen and oxygen atoms in total. The van der Waals surface area contributed by atoms with E-state index in [1.165, 1.54) is 12.1 Å². The number of rotatable bonds is 4. The maximum atomic E-state index is 13.1. The highest BCUT2D eigenvalue weighted by Crippen LogP contribution is 2.36. The van der Waals surface area contributed by atoms with Gasteiger partial charge in [-0.2, -0.15) is 26.3 Å². The second-order valence-electron chi connectivity index (χ2n) is 7.19. The molecule has 0 bridgehead atoms. The average Bonchev–Trinajstić information content (AvgIpc) is 2.71. The maximum absolute atomic E-state index is 13.1. The lowest BCUT2D eigenvalue weighted by Gasteiger charge is -2.33. The molecule has 0 saturated carbocycles. The maximum Gasteiger partial charge on any atom is 0.434 e. The van der Waals surface area contributed by atoms with Crippen LogP contribution in [0.4, 0.5) is 35.5 Å². The van der Waals surface area contributed by atoms with Gasteiger partial charge in [0.2, 0.25) is 0 Å². The fraction of sp³-hybridized carbons (Fsp3) is 0.381. The average molecular weight is 465 g/mol. The van der Waals surface area contributed by atoms with E-state index in [2.05, 4.69) is 4.74 Å². The molecule has 0 radical (unpaired) electrons. The summed E-state index contributed by atoms with van der Waals surface area (Å²) >= 11 is 0. The number of amides is 1. The monoisotopic (exact) mass is 465 g/mol. The van der Waals surface area contributed by atoms with Crippen molar-refractivity contribution in [2.45, 2.75) is 37.4 Å². The molecule has 2 aromatic carbocycles. The molecule has 2 aromatic rings.